The van der Waals surface area contributed by atoms with Gasteiger partial charge < -0.3 is 9.84 Å². The van der Waals surface area contributed by atoms with E-state index in [1.165, 1.54) is 5.57 Å². The zero-order chi connectivity index (χ0) is 10.3. The van der Waals surface area contributed by atoms with E-state index < -0.39 is 6.10 Å². The third-order valence-electron chi connectivity index (χ3n) is 3.15. The Morgan fingerprint density at radius 1 is 1.57 bits per heavy atom. The van der Waals surface area contributed by atoms with Crippen LogP contribution in [0.2, 0.25) is 0 Å². The first-order valence-corrected chi connectivity index (χ1v) is 5.23. The molecule has 0 aromatic carbocycles. The third kappa shape index (κ3) is 1.53. The van der Waals surface area contributed by atoms with Gasteiger partial charge in [-0.3, -0.25) is 0 Å². The van der Waals surface area contributed by atoms with Crippen LogP contribution in [-0.2, 0) is 4.74 Å². The number of aliphatic hydroxyl groups excluding tert-OH is 1. The number of allylic oxidation sites excluding steroid dienone is 1. The lowest BCUT2D eigenvalue weighted by atomic mass is 9.75. The summed E-state index contributed by atoms with van der Waals surface area (Å²) in [6.07, 6.45) is 6.98. The molecule has 0 bridgehead atoms. The third-order valence-corrected chi connectivity index (χ3v) is 3.15. The maximum absolute atomic E-state index is 9.48. The van der Waals surface area contributed by atoms with Gasteiger partial charge in [0.25, 0.3) is 0 Å². The molecule has 0 saturated carbocycles. The standard InChI is InChI=1S/C12H18O2/c1-8(13)11-7-9-10(14-11)5-4-6-12(9,2)3/h4-5,7-8,10-11,13H,6H2,1-3H3. The second-order valence-electron chi connectivity index (χ2n) is 4.90. The normalized spacial score (nSPS) is 36.4. The lowest BCUT2D eigenvalue weighted by Gasteiger charge is -2.31. The molecule has 3 atom stereocenters. The van der Waals surface area contributed by atoms with Crippen LogP contribution < -0.4 is 0 Å². The summed E-state index contributed by atoms with van der Waals surface area (Å²) in [6, 6.07) is 0. The van der Waals surface area contributed by atoms with Crippen LogP contribution >= 0.6 is 0 Å². The van der Waals surface area contributed by atoms with E-state index in [0.29, 0.717) is 0 Å². The number of hydrogen-bond acceptors (Lipinski definition) is 2. The van der Waals surface area contributed by atoms with E-state index in [2.05, 4.69) is 32.1 Å². The molecule has 1 aliphatic heterocycles. The summed E-state index contributed by atoms with van der Waals surface area (Å²) in [5, 5.41) is 9.48. The summed E-state index contributed by atoms with van der Waals surface area (Å²) in [5.41, 5.74) is 1.51. The van der Waals surface area contributed by atoms with Crippen molar-refractivity contribution in [1.29, 1.82) is 0 Å². The monoisotopic (exact) mass is 194 g/mol. The molecule has 2 nitrogen and oxygen atoms in total. The predicted octanol–water partition coefficient (Wildman–Crippen LogP) is 2.05. The van der Waals surface area contributed by atoms with Crippen molar-refractivity contribution in [2.75, 3.05) is 0 Å². The van der Waals surface area contributed by atoms with Gasteiger partial charge in [-0.25, -0.2) is 0 Å². The molecule has 2 heteroatoms. The lowest BCUT2D eigenvalue weighted by molar-refractivity contribution is -0.00388. The van der Waals surface area contributed by atoms with Crippen molar-refractivity contribution >= 4 is 0 Å². The van der Waals surface area contributed by atoms with E-state index in [9.17, 15) is 5.11 Å². The molecule has 1 heterocycles. The molecule has 0 amide bonds. The fourth-order valence-electron chi connectivity index (χ4n) is 2.17. The van der Waals surface area contributed by atoms with Gasteiger partial charge >= 0.3 is 0 Å². The van der Waals surface area contributed by atoms with Crippen LogP contribution in [0.5, 0.6) is 0 Å². The second-order valence-corrected chi connectivity index (χ2v) is 4.90. The second kappa shape index (κ2) is 3.21. The van der Waals surface area contributed by atoms with Crippen LogP contribution in [0, 0.1) is 5.41 Å². The van der Waals surface area contributed by atoms with E-state index in [4.69, 9.17) is 4.74 Å². The largest absolute Gasteiger partial charge is 0.390 e. The van der Waals surface area contributed by atoms with E-state index in [-0.39, 0.29) is 17.6 Å². The van der Waals surface area contributed by atoms with Crippen LogP contribution in [0.15, 0.2) is 23.8 Å². The van der Waals surface area contributed by atoms with Crippen LogP contribution in [-0.4, -0.2) is 23.4 Å². The van der Waals surface area contributed by atoms with Gasteiger partial charge in [0.2, 0.25) is 0 Å². The zero-order valence-corrected chi connectivity index (χ0v) is 9.03. The minimum Gasteiger partial charge on any atom is -0.390 e. The molecule has 78 valence electrons. The minimum atomic E-state index is -0.419. The highest BCUT2D eigenvalue weighted by atomic mass is 16.5. The number of hydrogen-bond donors (Lipinski definition) is 1. The van der Waals surface area contributed by atoms with Crippen molar-refractivity contribution in [2.24, 2.45) is 5.41 Å². The molecule has 3 unspecified atom stereocenters. The van der Waals surface area contributed by atoms with Gasteiger partial charge in [-0.2, -0.15) is 0 Å². The van der Waals surface area contributed by atoms with Crippen LogP contribution in [0.4, 0.5) is 0 Å². The Morgan fingerprint density at radius 2 is 2.29 bits per heavy atom. The Morgan fingerprint density at radius 3 is 2.86 bits per heavy atom. The predicted molar refractivity (Wildman–Crippen MR) is 56.0 cm³/mol. The van der Waals surface area contributed by atoms with Crippen molar-refractivity contribution < 1.29 is 9.84 Å². The van der Waals surface area contributed by atoms with Gasteiger partial charge in [0.15, 0.2) is 0 Å². The number of aliphatic hydroxyl groups is 1. The molecular weight excluding hydrogens is 176 g/mol. The van der Waals surface area contributed by atoms with Gasteiger partial charge in [-0.15, -0.1) is 0 Å². The summed E-state index contributed by atoms with van der Waals surface area (Å²) in [7, 11) is 0. The molecule has 0 radical (unpaired) electrons. The highest BCUT2D eigenvalue weighted by Gasteiger charge is 2.37. The van der Waals surface area contributed by atoms with Crippen molar-refractivity contribution in [3.8, 4) is 0 Å². The summed E-state index contributed by atoms with van der Waals surface area (Å²) in [5.74, 6) is 0. The van der Waals surface area contributed by atoms with Gasteiger partial charge in [0.05, 0.1) is 12.2 Å². The Hall–Kier alpha value is -0.600. The molecule has 0 spiro atoms. The molecule has 1 N–H and O–H groups in total. The van der Waals surface area contributed by atoms with E-state index in [0.717, 1.165) is 6.42 Å². The lowest BCUT2D eigenvalue weighted by Crippen LogP contribution is -2.27. The molecule has 1 aliphatic carbocycles. The van der Waals surface area contributed by atoms with Crippen molar-refractivity contribution in [3.05, 3.63) is 23.8 Å². The first-order chi connectivity index (χ1) is 6.50. The van der Waals surface area contributed by atoms with Gasteiger partial charge in [-0.05, 0) is 24.3 Å². The number of fused-ring (bicyclic) bond motifs is 1. The summed E-state index contributed by atoms with van der Waals surface area (Å²) >= 11 is 0. The fourth-order valence-corrected chi connectivity index (χ4v) is 2.17. The van der Waals surface area contributed by atoms with Gasteiger partial charge in [-0.1, -0.05) is 32.1 Å². The van der Waals surface area contributed by atoms with Gasteiger partial charge in [0.1, 0.15) is 6.10 Å². The van der Waals surface area contributed by atoms with E-state index >= 15 is 0 Å². The van der Waals surface area contributed by atoms with E-state index in [1.807, 2.05) is 0 Å². The molecule has 2 rings (SSSR count). The van der Waals surface area contributed by atoms with Crippen molar-refractivity contribution in [3.63, 3.8) is 0 Å². The zero-order valence-electron chi connectivity index (χ0n) is 9.03. The van der Waals surface area contributed by atoms with Crippen LogP contribution in [0.1, 0.15) is 27.2 Å². The molecule has 0 aromatic rings. The maximum atomic E-state index is 9.48. The first-order valence-electron chi connectivity index (χ1n) is 5.23. The molecule has 2 aliphatic rings. The SMILES string of the molecule is CC(O)C1C=C2C(C=CCC2(C)C)O1. The van der Waals surface area contributed by atoms with Crippen LogP contribution in [0.3, 0.4) is 0 Å². The van der Waals surface area contributed by atoms with E-state index in [1.54, 1.807) is 6.92 Å². The fraction of sp³-hybridized carbons (Fsp3) is 0.667. The Labute approximate surface area is 85.3 Å². The highest BCUT2D eigenvalue weighted by Crippen LogP contribution is 2.42. The number of rotatable bonds is 1. The average Bonchev–Trinajstić information content (AvgIpc) is 2.48. The molecule has 0 saturated heterocycles. The Balaban J connectivity index is 2.27. The molecular formula is C12H18O2. The summed E-state index contributed by atoms with van der Waals surface area (Å²) in [6.45, 7) is 6.22. The quantitative estimate of drug-likeness (QED) is 0.647. The topological polar surface area (TPSA) is 29.5 Å². The van der Waals surface area contributed by atoms with Crippen molar-refractivity contribution in [2.45, 2.75) is 45.5 Å². The van der Waals surface area contributed by atoms with Crippen LogP contribution in [0.25, 0.3) is 0 Å². The maximum Gasteiger partial charge on any atom is 0.103 e. The Kier molecular flexibility index (Phi) is 2.28. The minimum absolute atomic E-state index is 0.0957. The van der Waals surface area contributed by atoms with Crippen molar-refractivity contribution in [1.82, 2.24) is 0 Å². The smallest absolute Gasteiger partial charge is 0.103 e. The Bertz CT molecular complexity index is 287. The first kappa shape index (κ1) is 9.94. The summed E-state index contributed by atoms with van der Waals surface area (Å²) in [4.78, 5) is 0. The molecule has 0 aromatic heterocycles. The molecule has 14 heavy (non-hydrogen) atoms. The number of ether oxygens (including phenoxy) is 1. The highest BCUT2D eigenvalue weighted by molar-refractivity contribution is 5.32. The average molecular weight is 194 g/mol. The van der Waals surface area contributed by atoms with Gasteiger partial charge in [0, 0.05) is 0 Å². The summed E-state index contributed by atoms with van der Waals surface area (Å²) < 4.78 is 5.73. The molecule has 0 fully saturated rings.